The van der Waals surface area contributed by atoms with E-state index in [-0.39, 0.29) is 11.6 Å². The van der Waals surface area contributed by atoms with Crippen molar-refractivity contribution in [2.45, 2.75) is 13.1 Å². The zero-order valence-corrected chi connectivity index (χ0v) is 7.52. The van der Waals surface area contributed by atoms with Crippen LogP contribution in [-0.4, -0.2) is 11.1 Å². The zero-order valence-electron chi connectivity index (χ0n) is 7.52. The lowest BCUT2D eigenvalue weighted by molar-refractivity contribution is -0.137. The first-order valence-corrected chi connectivity index (χ1v) is 3.84. The molecule has 0 saturated heterocycles. The van der Waals surface area contributed by atoms with Crippen LogP contribution in [0.2, 0.25) is 0 Å². The van der Waals surface area contributed by atoms with Crippen LogP contribution >= 0.6 is 0 Å². The second-order valence-electron chi connectivity index (χ2n) is 2.96. The minimum Gasteiger partial charge on any atom is -0.478 e. The molecule has 0 radical (unpaired) electrons. The van der Waals surface area contributed by atoms with Crippen molar-refractivity contribution in [2.24, 2.45) is 0 Å². The Balaban J connectivity index is 3.43. The van der Waals surface area contributed by atoms with Crippen molar-refractivity contribution in [3.63, 3.8) is 0 Å². The highest BCUT2D eigenvalue weighted by Gasteiger charge is 2.32. The van der Waals surface area contributed by atoms with E-state index in [4.69, 9.17) is 5.11 Å². The Kier molecular flexibility index (Phi) is 2.70. The normalized spacial score (nSPS) is 11.5. The predicted octanol–water partition coefficient (Wildman–Crippen LogP) is 2.85. The molecule has 6 heteroatoms. The fraction of sp³-hybridized carbons (Fsp3) is 0.222. The summed E-state index contributed by atoms with van der Waals surface area (Å²) in [7, 11) is 0. The van der Waals surface area contributed by atoms with Gasteiger partial charge < -0.3 is 5.11 Å². The van der Waals surface area contributed by atoms with Gasteiger partial charge in [-0.25, -0.2) is 9.18 Å². The third-order valence-corrected chi connectivity index (χ3v) is 1.81. The first-order valence-electron chi connectivity index (χ1n) is 3.84. The second-order valence-corrected chi connectivity index (χ2v) is 2.96. The highest BCUT2D eigenvalue weighted by Crippen LogP contribution is 2.31. The molecule has 0 heterocycles. The van der Waals surface area contributed by atoms with E-state index in [0.29, 0.717) is 6.07 Å². The van der Waals surface area contributed by atoms with Gasteiger partial charge in [0.15, 0.2) is 0 Å². The molecule has 1 aromatic rings. The van der Waals surface area contributed by atoms with Crippen LogP contribution in [0, 0.1) is 12.7 Å². The molecule has 1 rings (SSSR count). The van der Waals surface area contributed by atoms with E-state index >= 15 is 0 Å². The number of halogens is 4. The average molecular weight is 222 g/mol. The van der Waals surface area contributed by atoms with Crippen LogP contribution in [0.15, 0.2) is 12.1 Å². The van der Waals surface area contributed by atoms with Crippen molar-refractivity contribution < 1.29 is 27.5 Å². The summed E-state index contributed by atoms with van der Waals surface area (Å²) in [6.07, 6.45) is -4.68. The van der Waals surface area contributed by atoms with Gasteiger partial charge >= 0.3 is 12.1 Å². The summed E-state index contributed by atoms with van der Waals surface area (Å²) in [4.78, 5) is 10.4. The topological polar surface area (TPSA) is 37.3 Å². The Morgan fingerprint density at radius 3 is 2.27 bits per heavy atom. The standard InChI is InChI=1S/C9H6F4O2/c1-4-2-5(9(11,12)13)3-6(7(4)10)8(14)15/h2-3H,1H3,(H,14,15). The van der Waals surface area contributed by atoms with Gasteiger partial charge in [-0.3, -0.25) is 0 Å². The fourth-order valence-corrected chi connectivity index (χ4v) is 1.09. The van der Waals surface area contributed by atoms with Crippen LogP contribution in [0.1, 0.15) is 21.5 Å². The first-order chi connectivity index (χ1) is 6.73. The number of carboxylic acids is 1. The largest absolute Gasteiger partial charge is 0.478 e. The number of alkyl halides is 3. The van der Waals surface area contributed by atoms with Crippen LogP contribution < -0.4 is 0 Å². The van der Waals surface area contributed by atoms with E-state index in [0.717, 1.165) is 6.92 Å². The monoisotopic (exact) mass is 222 g/mol. The smallest absolute Gasteiger partial charge is 0.416 e. The van der Waals surface area contributed by atoms with Crippen molar-refractivity contribution in [2.75, 3.05) is 0 Å². The highest BCUT2D eigenvalue weighted by atomic mass is 19.4. The van der Waals surface area contributed by atoms with E-state index < -0.39 is 29.1 Å². The molecule has 0 amide bonds. The fourth-order valence-electron chi connectivity index (χ4n) is 1.09. The van der Waals surface area contributed by atoms with Crippen LogP contribution in [0.3, 0.4) is 0 Å². The number of rotatable bonds is 1. The van der Waals surface area contributed by atoms with Gasteiger partial charge in [-0.2, -0.15) is 13.2 Å². The summed E-state index contributed by atoms with van der Waals surface area (Å²) in [5.41, 5.74) is -2.48. The number of carbonyl (C=O) groups is 1. The Bertz CT molecular complexity index is 409. The molecule has 0 aromatic heterocycles. The molecule has 0 spiro atoms. The summed E-state index contributed by atoms with van der Waals surface area (Å²) in [6.45, 7) is 1.08. The lowest BCUT2D eigenvalue weighted by Crippen LogP contribution is -2.10. The van der Waals surface area contributed by atoms with Gasteiger partial charge in [-0.15, -0.1) is 0 Å². The molecule has 0 aliphatic rings. The maximum absolute atomic E-state index is 13.1. The second kappa shape index (κ2) is 3.52. The molecule has 82 valence electrons. The minimum atomic E-state index is -4.68. The number of aryl methyl sites for hydroxylation is 1. The summed E-state index contributed by atoms with van der Waals surface area (Å²) >= 11 is 0. The maximum atomic E-state index is 13.1. The SMILES string of the molecule is Cc1cc(C(F)(F)F)cc(C(=O)O)c1F. The van der Waals surface area contributed by atoms with Gasteiger partial charge in [-0.05, 0) is 24.6 Å². The van der Waals surface area contributed by atoms with Gasteiger partial charge in [0.25, 0.3) is 0 Å². The van der Waals surface area contributed by atoms with Gasteiger partial charge in [0, 0.05) is 0 Å². The number of aromatic carboxylic acids is 1. The van der Waals surface area contributed by atoms with Crippen LogP contribution in [-0.2, 0) is 6.18 Å². The molecule has 0 bridgehead atoms. The Morgan fingerprint density at radius 1 is 1.33 bits per heavy atom. The Morgan fingerprint density at radius 2 is 1.87 bits per heavy atom. The molecule has 2 nitrogen and oxygen atoms in total. The van der Waals surface area contributed by atoms with E-state index in [1.54, 1.807) is 0 Å². The van der Waals surface area contributed by atoms with Crippen LogP contribution in [0.4, 0.5) is 17.6 Å². The Labute approximate surface area is 82.1 Å². The number of hydrogen-bond donors (Lipinski definition) is 1. The molecule has 0 atom stereocenters. The van der Waals surface area contributed by atoms with E-state index in [9.17, 15) is 22.4 Å². The van der Waals surface area contributed by atoms with Crippen molar-refractivity contribution in [1.82, 2.24) is 0 Å². The lowest BCUT2D eigenvalue weighted by Gasteiger charge is -2.09. The Hall–Kier alpha value is -1.59. The molecule has 0 saturated carbocycles. The van der Waals surface area contributed by atoms with E-state index in [1.165, 1.54) is 0 Å². The molecular formula is C9H6F4O2. The molecule has 15 heavy (non-hydrogen) atoms. The van der Waals surface area contributed by atoms with Gasteiger partial charge in [0.1, 0.15) is 5.82 Å². The minimum absolute atomic E-state index is 0.282. The quantitative estimate of drug-likeness (QED) is 0.742. The van der Waals surface area contributed by atoms with Gasteiger partial charge in [0.05, 0.1) is 11.1 Å². The van der Waals surface area contributed by atoms with Crippen LogP contribution in [0.5, 0.6) is 0 Å². The molecule has 0 aliphatic heterocycles. The summed E-state index contributed by atoms with van der Waals surface area (Å²) in [6, 6.07) is 0.854. The summed E-state index contributed by atoms with van der Waals surface area (Å²) in [5.74, 6) is -2.86. The van der Waals surface area contributed by atoms with Crippen molar-refractivity contribution in [3.8, 4) is 0 Å². The molecule has 1 N–H and O–H groups in total. The molecule has 1 aromatic carbocycles. The summed E-state index contributed by atoms with van der Waals surface area (Å²) in [5, 5.41) is 8.47. The van der Waals surface area contributed by atoms with Crippen molar-refractivity contribution in [1.29, 1.82) is 0 Å². The van der Waals surface area contributed by atoms with Crippen molar-refractivity contribution in [3.05, 3.63) is 34.6 Å². The predicted molar refractivity (Wildman–Crippen MR) is 43.1 cm³/mol. The lowest BCUT2D eigenvalue weighted by atomic mass is 10.1. The zero-order chi connectivity index (χ0) is 11.8. The van der Waals surface area contributed by atoms with Gasteiger partial charge in [-0.1, -0.05) is 0 Å². The highest BCUT2D eigenvalue weighted by molar-refractivity contribution is 5.88. The molecule has 0 fully saturated rings. The summed E-state index contributed by atoms with van der Waals surface area (Å²) < 4.78 is 49.8. The first kappa shape index (κ1) is 11.5. The van der Waals surface area contributed by atoms with E-state index in [1.807, 2.05) is 0 Å². The molecule has 0 aliphatic carbocycles. The van der Waals surface area contributed by atoms with Gasteiger partial charge in [0.2, 0.25) is 0 Å². The molecule has 0 unspecified atom stereocenters. The number of hydrogen-bond acceptors (Lipinski definition) is 1. The van der Waals surface area contributed by atoms with E-state index in [2.05, 4.69) is 0 Å². The average Bonchev–Trinajstić information content (AvgIpc) is 2.06. The third kappa shape index (κ3) is 2.26. The number of carboxylic acid groups (broad SMARTS) is 1. The number of benzene rings is 1. The third-order valence-electron chi connectivity index (χ3n) is 1.81. The molecular weight excluding hydrogens is 216 g/mol. The van der Waals surface area contributed by atoms with Crippen molar-refractivity contribution >= 4 is 5.97 Å². The maximum Gasteiger partial charge on any atom is 0.416 e. The van der Waals surface area contributed by atoms with Crippen LogP contribution in [0.25, 0.3) is 0 Å².